The summed E-state index contributed by atoms with van der Waals surface area (Å²) in [6.07, 6.45) is 4.36. The van der Waals surface area contributed by atoms with E-state index < -0.39 is 0 Å². The molecule has 1 unspecified atom stereocenters. The number of piperidine rings is 1. The van der Waals surface area contributed by atoms with Gasteiger partial charge in [-0.15, -0.1) is 0 Å². The number of hydrogen-bond donors (Lipinski definition) is 0. The fraction of sp³-hybridized carbons (Fsp3) is 0.714. The van der Waals surface area contributed by atoms with Gasteiger partial charge < -0.3 is 4.90 Å². The molecule has 1 fully saturated rings. The van der Waals surface area contributed by atoms with Crippen LogP contribution in [0, 0.1) is 12.8 Å². The Morgan fingerprint density at radius 1 is 1.21 bits per heavy atom. The van der Waals surface area contributed by atoms with Gasteiger partial charge >= 0.3 is 0 Å². The van der Waals surface area contributed by atoms with E-state index in [1.165, 1.54) is 0 Å². The van der Waals surface area contributed by atoms with Crippen molar-refractivity contribution < 1.29 is 9.59 Å². The van der Waals surface area contributed by atoms with Crippen LogP contribution in [0.1, 0.15) is 62.7 Å². The third kappa shape index (κ3) is 4.35. The minimum absolute atomic E-state index is 0.0274. The predicted octanol–water partition coefficient (Wildman–Crippen LogP) is 2.34. The van der Waals surface area contributed by atoms with Gasteiger partial charge in [0.1, 0.15) is 11.6 Å². The molecule has 2 amide bonds. The molecule has 2 aliphatic heterocycles. The molecule has 0 spiro atoms. The van der Waals surface area contributed by atoms with E-state index in [0.717, 1.165) is 48.7 Å². The van der Waals surface area contributed by atoms with Crippen molar-refractivity contribution in [3.63, 3.8) is 0 Å². The van der Waals surface area contributed by atoms with Crippen molar-refractivity contribution in [2.45, 2.75) is 58.9 Å². The van der Waals surface area contributed by atoms with E-state index in [-0.39, 0.29) is 17.9 Å². The highest BCUT2D eigenvalue weighted by atomic mass is 16.2. The largest absolute Gasteiger partial charge is 0.348 e. The first-order chi connectivity index (χ1) is 13.3. The van der Waals surface area contributed by atoms with Crippen LogP contribution in [0.25, 0.3) is 0 Å². The molecule has 154 valence electrons. The molecule has 0 radical (unpaired) electrons. The lowest BCUT2D eigenvalue weighted by molar-refractivity contribution is -0.131. The van der Waals surface area contributed by atoms with E-state index >= 15 is 0 Å². The number of likely N-dealkylation sites (tertiary alicyclic amines) is 1. The molecule has 28 heavy (non-hydrogen) atoms. The first-order valence-corrected chi connectivity index (χ1v) is 10.4. The SMILES string of the molecule is Cc1nc(C2CCCCN2CC(=O)N(C)C)nc2c1CCC(=O)N2CC(C)C. The molecular weight excluding hydrogens is 354 g/mol. The van der Waals surface area contributed by atoms with Gasteiger partial charge in [-0.3, -0.25) is 19.4 Å². The lowest BCUT2D eigenvalue weighted by atomic mass is 9.99. The van der Waals surface area contributed by atoms with Gasteiger partial charge in [-0.1, -0.05) is 20.3 Å². The Morgan fingerprint density at radius 2 is 1.96 bits per heavy atom. The number of aromatic nitrogens is 2. The normalized spacial score (nSPS) is 20.4. The molecule has 2 aliphatic rings. The Balaban J connectivity index is 1.95. The summed E-state index contributed by atoms with van der Waals surface area (Å²) in [5.74, 6) is 2.16. The van der Waals surface area contributed by atoms with Crippen molar-refractivity contribution >= 4 is 17.6 Å². The lowest BCUT2D eigenvalue weighted by Crippen LogP contribution is -2.43. The van der Waals surface area contributed by atoms with Crippen LogP contribution in [0.4, 0.5) is 5.82 Å². The fourth-order valence-corrected chi connectivity index (χ4v) is 4.09. The second kappa shape index (κ2) is 8.55. The molecule has 7 heteroatoms. The zero-order chi connectivity index (χ0) is 20.4. The van der Waals surface area contributed by atoms with E-state index in [1.807, 2.05) is 11.8 Å². The number of carbonyl (C=O) groups excluding carboxylic acids is 2. The number of hydrogen-bond acceptors (Lipinski definition) is 5. The molecule has 0 aromatic carbocycles. The molecule has 1 aromatic rings. The number of rotatable bonds is 5. The molecule has 0 bridgehead atoms. The molecular formula is C21H33N5O2. The van der Waals surface area contributed by atoms with Gasteiger partial charge in [0.25, 0.3) is 0 Å². The topological polar surface area (TPSA) is 69.6 Å². The van der Waals surface area contributed by atoms with Gasteiger partial charge in [0.05, 0.1) is 12.6 Å². The highest BCUT2D eigenvalue weighted by molar-refractivity contribution is 5.95. The number of carbonyl (C=O) groups is 2. The zero-order valence-corrected chi connectivity index (χ0v) is 17.9. The summed E-state index contributed by atoms with van der Waals surface area (Å²) in [6, 6.07) is 0.0274. The monoisotopic (exact) mass is 387 g/mol. The summed E-state index contributed by atoms with van der Waals surface area (Å²) >= 11 is 0. The van der Waals surface area contributed by atoms with Crippen molar-refractivity contribution in [1.82, 2.24) is 19.8 Å². The van der Waals surface area contributed by atoms with Gasteiger partial charge in [-0.2, -0.15) is 0 Å². The number of aryl methyl sites for hydroxylation is 1. The average molecular weight is 388 g/mol. The smallest absolute Gasteiger partial charge is 0.236 e. The van der Waals surface area contributed by atoms with E-state index in [4.69, 9.17) is 9.97 Å². The van der Waals surface area contributed by atoms with Crippen LogP contribution in [0.3, 0.4) is 0 Å². The molecule has 0 aliphatic carbocycles. The van der Waals surface area contributed by atoms with Gasteiger partial charge in [-0.25, -0.2) is 9.97 Å². The van der Waals surface area contributed by atoms with Gasteiger partial charge in [0.2, 0.25) is 11.8 Å². The third-order valence-electron chi connectivity index (χ3n) is 5.65. The minimum atomic E-state index is 0.0274. The number of amides is 2. The van der Waals surface area contributed by atoms with E-state index in [9.17, 15) is 9.59 Å². The van der Waals surface area contributed by atoms with Crippen LogP contribution in [0.15, 0.2) is 0 Å². The summed E-state index contributed by atoms with van der Waals surface area (Å²) in [6.45, 7) is 8.18. The van der Waals surface area contributed by atoms with Crippen LogP contribution < -0.4 is 4.90 Å². The standard InChI is InChI=1S/C21H33N5O2/c1-14(2)12-26-18(27)10-9-16-15(3)22-20(23-21(16)26)17-8-6-7-11-25(17)13-19(28)24(4)5/h14,17H,6-13H2,1-5H3. The van der Waals surface area contributed by atoms with Crippen LogP contribution in [0.5, 0.6) is 0 Å². The predicted molar refractivity (Wildman–Crippen MR) is 109 cm³/mol. The van der Waals surface area contributed by atoms with Gasteiger partial charge in [0, 0.05) is 38.3 Å². The van der Waals surface area contributed by atoms with Crippen LogP contribution in [-0.2, 0) is 16.0 Å². The Morgan fingerprint density at radius 3 is 2.64 bits per heavy atom. The number of nitrogens with zero attached hydrogens (tertiary/aromatic N) is 5. The van der Waals surface area contributed by atoms with Crippen LogP contribution in [-0.4, -0.2) is 65.3 Å². The summed E-state index contributed by atoms with van der Waals surface area (Å²) in [5, 5.41) is 0. The first kappa shape index (κ1) is 20.7. The van der Waals surface area contributed by atoms with Gasteiger partial charge in [0.15, 0.2) is 0 Å². The molecule has 3 rings (SSSR count). The molecule has 0 N–H and O–H groups in total. The van der Waals surface area contributed by atoms with Crippen molar-refractivity contribution in [1.29, 1.82) is 0 Å². The average Bonchev–Trinajstić information content (AvgIpc) is 2.64. The van der Waals surface area contributed by atoms with Crippen molar-refractivity contribution in [3.8, 4) is 0 Å². The number of likely N-dealkylation sites (N-methyl/N-ethyl adjacent to an activating group) is 1. The summed E-state index contributed by atoms with van der Waals surface area (Å²) in [5.41, 5.74) is 2.06. The maximum absolute atomic E-state index is 12.6. The summed E-state index contributed by atoms with van der Waals surface area (Å²) in [4.78, 5) is 40.3. The van der Waals surface area contributed by atoms with Crippen molar-refractivity contribution in [2.24, 2.45) is 5.92 Å². The van der Waals surface area contributed by atoms with Crippen LogP contribution >= 0.6 is 0 Å². The summed E-state index contributed by atoms with van der Waals surface area (Å²) < 4.78 is 0. The quantitative estimate of drug-likeness (QED) is 0.776. The maximum Gasteiger partial charge on any atom is 0.236 e. The lowest BCUT2D eigenvalue weighted by Gasteiger charge is -2.36. The summed E-state index contributed by atoms with van der Waals surface area (Å²) in [7, 11) is 3.58. The first-order valence-electron chi connectivity index (χ1n) is 10.4. The molecule has 1 aromatic heterocycles. The minimum Gasteiger partial charge on any atom is -0.348 e. The maximum atomic E-state index is 12.6. The molecule has 7 nitrogen and oxygen atoms in total. The number of fused-ring (bicyclic) bond motifs is 1. The second-order valence-corrected chi connectivity index (χ2v) is 8.64. The Labute approximate surface area is 168 Å². The van der Waals surface area contributed by atoms with E-state index in [2.05, 4.69) is 18.7 Å². The molecule has 1 atom stereocenters. The van der Waals surface area contributed by atoms with Gasteiger partial charge in [-0.05, 0) is 38.6 Å². The number of anilines is 1. The zero-order valence-electron chi connectivity index (χ0n) is 17.9. The molecule has 0 saturated carbocycles. The Hall–Kier alpha value is -2.02. The Bertz CT molecular complexity index is 747. The van der Waals surface area contributed by atoms with E-state index in [1.54, 1.807) is 19.0 Å². The fourth-order valence-electron chi connectivity index (χ4n) is 4.09. The van der Waals surface area contributed by atoms with Crippen molar-refractivity contribution in [2.75, 3.05) is 38.6 Å². The van der Waals surface area contributed by atoms with Crippen LogP contribution in [0.2, 0.25) is 0 Å². The third-order valence-corrected chi connectivity index (χ3v) is 5.65. The highest BCUT2D eigenvalue weighted by Crippen LogP contribution is 2.34. The molecule has 3 heterocycles. The van der Waals surface area contributed by atoms with Crippen molar-refractivity contribution in [3.05, 3.63) is 17.1 Å². The van der Waals surface area contributed by atoms with E-state index in [0.29, 0.717) is 31.8 Å². The molecule has 1 saturated heterocycles. The second-order valence-electron chi connectivity index (χ2n) is 8.64. The highest BCUT2D eigenvalue weighted by Gasteiger charge is 2.33. The Kier molecular flexibility index (Phi) is 6.33.